The van der Waals surface area contributed by atoms with Crippen molar-refractivity contribution in [2.45, 2.75) is 33.1 Å². The van der Waals surface area contributed by atoms with Gasteiger partial charge in [-0.2, -0.15) is 0 Å². The Morgan fingerprint density at radius 1 is 1.08 bits per heavy atom. The van der Waals surface area contributed by atoms with E-state index in [4.69, 9.17) is 0 Å². The van der Waals surface area contributed by atoms with Gasteiger partial charge in [0.05, 0.1) is 0 Å². The van der Waals surface area contributed by atoms with Crippen LogP contribution in [0.5, 0.6) is 0 Å². The molecule has 70 valence electrons. The van der Waals surface area contributed by atoms with Crippen LogP contribution in [0.15, 0.2) is 18.5 Å². The van der Waals surface area contributed by atoms with Crippen LogP contribution in [-0.4, -0.2) is 4.98 Å². The van der Waals surface area contributed by atoms with Gasteiger partial charge in [-0.05, 0) is 16.5 Å². The number of H-pyrrole nitrogens is 1. The molecule has 0 fully saturated rings. The molecule has 1 aliphatic carbocycles. The molecule has 0 aliphatic heterocycles. The molecule has 1 aromatic heterocycles. The zero-order valence-corrected chi connectivity index (χ0v) is 8.81. The van der Waals surface area contributed by atoms with Gasteiger partial charge in [-0.15, -0.1) is 0 Å². The minimum atomic E-state index is 0.219. The molecule has 0 bridgehead atoms. The summed E-state index contributed by atoms with van der Waals surface area (Å²) in [6, 6.07) is 0. The average molecular weight is 175 g/mol. The minimum Gasteiger partial charge on any atom is -0.367 e. The van der Waals surface area contributed by atoms with Crippen molar-refractivity contribution in [3.63, 3.8) is 0 Å². The van der Waals surface area contributed by atoms with Gasteiger partial charge in [0, 0.05) is 17.8 Å². The third-order valence-electron chi connectivity index (χ3n) is 3.74. The summed E-state index contributed by atoms with van der Waals surface area (Å²) < 4.78 is 0. The number of fused-ring (bicyclic) bond motifs is 1. The quantitative estimate of drug-likeness (QED) is 0.622. The van der Waals surface area contributed by atoms with E-state index in [1.165, 1.54) is 11.1 Å². The molecule has 0 saturated carbocycles. The maximum atomic E-state index is 3.18. The Morgan fingerprint density at radius 3 is 2.46 bits per heavy atom. The summed E-state index contributed by atoms with van der Waals surface area (Å²) in [4.78, 5) is 3.18. The highest BCUT2D eigenvalue weighted by atomic mass is 14.7. The van der Waals surface area contributed by atoms with Gasteiger partial charge in [0.2, 0.25) is 0 Å². The maximum absolute atomic E-state index is 3.18. The van der Waals surface area contributed by atoms with E-state index in [2.05, 4.69) is 57.2 Å². The van der Waals surface area contributed by atoms with Crippen molar-refractivity contribution in [2.75, 3.05) is 0 Å². The van der Waals surface area contributed by atoms with Crippen molar-refractivity contribution in [3.05, 3.63) is 29.6 Å². The first-order valence-electron chi connectivity index (χ1n) is 4.82. The molecule has 1 heterocycles. The Morgan fingerprint density at radius 2 is 1.77 bits per heavy atom. The molecule has 1 N–H and O–H groups in total. The number of allylic oxidation sites excluding steroid dienone is 1. The van der Waals surface area contributed by atoms with Gasteiger partial charge in [0.15, 0.2) is 0 Å². The summed E-state index contributed by atoms with van der Waals surface area (Å²) in [6.07, 6.45) is 8.73. The number of aromatic amines is 1. The monoisotopic (exact) mass is 175 g/mol. The van der Waals surface area contributed by atoms with E-state index in [0.29, 0.717) is 0 Å². The van der Waals surface area contributed by atoms with Gasteiger partial charge in [-0.1, -0.05) is 39.8 Å². The number of rotatable bonds is 0. The zero-order valence-electron chi connectivity index (χ0n) is 8.81. The summed E-state index contributed by atoms with van der Waals surface area (Å²) >= 11 is 0. The van der Waals surface area contributed by atoms with Gasteiger partial charge >= 0.3 is 0 Å². The van der Waals surface area contributed by atoms with E-state index < -0.39 is 0 Å². The lowest BCUT2D eigenvalue weighted by molar-refractivity contribution is 0.265. The molecule has 1 aliphatic rings. The summed E-state index contributed by atoms with van der Waals surface area (Å²) in [5.41, 5.74) is 3.23. The maximum Gasteiger partial charge on any atom is 0.00810 e. The van der Waals surface area contributed by atoms with Gasteiger partial charge in [-0.25, -0.2) is 0 Å². The van der Waals surface area contributed by atoms with E-state index in [1.54, 1.807) is 0 Å². The van der Waals surface area contributed by atoms with Crippen LogP contribution < -0.4 is 0 Å². The van der Waals surface area contributed by atoms with Crippen molar-refractivity contribution < 1.29 is 0 Å². The summed E-state index contributed by atoms with van der Waals surface area (Å²) in [6.45, 7) is 9.20. The molecule has 0 saturated heterocycles. The van der Waals surface area contributed by atoms with Crippen molar-refractivity contribution >= 4 is 6.08 Å². The molecule has 13 heavy (non-hydrogen) atoms. The molecule has 1 nitrogen and oxygen atoms in total. The van der Waals surface area contributed by atoms with Crippen LogP contribution >= 0.6 is 0 Å². The fourth-order valence-corrected chi connectivity index (χ4v) is 1.91. The number of aromatic nitrogens is 1. The average Bonchev–Trinajstić information content (AvgIpc) is 2.46. The standard InChI is InChI=1S/C12H17N/c1-11(2)6-5-9-7-13-8-10(9)12(11,3)4/h5-8,13H,1-4H3. The fraction of sp³-hybridized carbons (Fsp3) is 0.500. The smallest absolute Gasteiger partial charge is 0.00810 e. The molecule has 0 amide bonds. The predicted molar refractivity (Wildman–Crippen MR) is 56.6 cm³/mol. The van der Waals surface area contributed by atoms with Crippen LogP contribution in [0.3, 0.4) is 0 Å². The largest absolute Gasteiger partial charge is 0.367 e. The first kappa shape index (κ1) is 8.61. The Hall–Kier alpha value is -0.980. The molecule has 0 spiro atoms. The van der Waals surface area contributed by atoms with Crippen molar-refractivity contribution in [1.82, 2.24) is 4.98 Å². The highest BCUT2D eigenvalue weighted by Gasteiger charge is 2.40. The summed E-state index contributed by atoms with van der Waals surface area (Å²) in [7, 11) is 0. The van der Waals surface area contributed by atoms with E-state index >= 15 is 0 Å². The van der Waals surface area contributed by atoms with E-state index in [0.717, 1.165) is 0 Å². The van der Waals surface area contributed by atoms with Crippen molar-refractivity contribution in [3.8, 4) is 0 Å². The predicted octanol–water partition coefficient (Wildman–Crippen LogP) is 3.35. The fourth-order valence-electron chi connectivity index (χ4n) is 1.91. The lowest BCUT2D eigenvalue weighted by Gasteiger charge is -2.42. The molecule has 1 aromatic rings. The zero-order chi connectivity index (χ0) is 9.69. The van der Waals surface area contributed by atoms with Gasteiger partial charge < -0.3 is 4.98 Å². The van der Waals surface area contributed by atoms with Crippen LogP contribution in [0, 0.1) is 5.41 Å². The van der Waals surface area contributed by atoms with Crippen LogP contribution in [0.25, 0.3) is 6.08 Å². The Balaban J connectivity index is 2.63. The second-order valence-corrected chi connectivity index (χ2v) is 5.00. The normalized spacial score (nSPS) is 22.8. The Kier molecular flexibility index (Phi) is 1.51. The molecular formula is C12H17N. The molecule has 0 atom stereocenters. The van der Waals surface area contributed by atoms with Gasteiger partial charge in [0.25, 0.3) is 0 Å². The lowest BCUT2D eigenvalue weighted by atomic mass is 9.61. The first-order valence-corrected chi connectivity index (χ1v) is 4.82. The number of hydrogen-bond acceptors (Lipinski definition) is 0. The van der Waals surface area contributed by atoms with E-state index in [-0.39, 0.29) is 10.8 Å². The number of hydrogen-bond donors (Lipinski definition) is 1. The molecule has 0 unspecified atom stereocenters. The molecular weight excluding hydrogens is 158 g/mol. The Labute approximate surface area is 79.9 Å². The third kappa shape index (κ3) is 0.995. The molecule has 2 rings (SSSR count). The van der Waals surface area contributed by atoms with Crippen molar-refractivity contribution in [2.24, 2.45) is 5.41 Å². The first-order chi connectivity index (χ1) is 5.95. The van der Waals surface area contributed by atoms with Crippen molar-refractivity contribution in [1.29, 1.82) is 0 Å². The summed E-state index contributed by atoms with van der Waals surface area (Å²) in [5.74, 6) is 0. The molecule has 0 radical (unpaired) electrons. The topological polar surface area (TPSA) is 15.8 Å². The third-order valence-corrected chi connectivity index (χ3v) is 3.74. The highest BCUT2D eigenvalue weighted by molar-refractivity contribution is 5.60. The van der Waals surface area contributed by atoms with E-state index in [9.17, 15) is 0 Å². The van der Waals surface area contributed by atoms with Crippen LogP contribution in [0.1, 0.15) is 38.8 Å². The highest BCUT2D eigenvalue weighted by Crippen LogP contribution is 2.47. The van der Waals surface area contributed by atoms with Crippen LogP contribution in [0.4, 0.5) is 0 Å². The molecule has 0 aromatic carbocycles. The number of nitrogens with one attached hydrogen (secondary N) is 1. The lowest BCUT2D eigenvalue weighted by Crippen LogP contribution is -2.36. The van der Waals surface area contributed by atoms with E-state index in [1.807, 2.05) is 0 Å². The minimum absolute atomic E-state index is 0.219. The van der Waals surface area contributed by atoms with Gasteiger partial charge in [0.1, 0.15) is 0 Å². The SMILES string of the molecule is CC1(C)C=Cc2c[nH]cc2C1(C)C. The second kappa shape index (κ2) is 2.28. The van der Waals surface area contributed by atoms with Gasteiger partial charge in [-0.3, -0.25) is 0 Å². The van der Waals surface area contributed by atoms with Crippen LogP contribution in [0.2, 0.25) is 0 Å². The summed E-state index contributed by atoms with van der Waals surface area (Å²) in [5, 5.41) is 0. The Bertz CT molecular complexity index is 353. The molecule has 1 heteroatoms. The second-order valence-electron chi connectivity index (χ2n) is 5.00. The van der Waals surface area contributed by atoms with Crippen LogP contribution in [-0.2, 0) is 5.41 Å².